The van der Waals surface area contributed by atoms with Crippen LogP contribution in [0.4, 0.5) is 0 Å². The number of piperidine rings is 1. The summed E-state index contributed by atoms with van der Waals surface area (Å²) >= 11 is 0. The molecule has 1 saturated carbocycles. The molecule has 1 aliphatic carbocycles. The molecule has 15 heavy (non-hydrogen) atoms. The van der Waals surface area contributed by atoms with Crippen LogP contribution in [0.2, 0.25) is 0 Å². The Hall–Kier alpha value is -0.0800. The van der Waals surface area contributed by atoms with Crippen LogP contribution >= 0.6 is 0 Å². The lowest BCUT2D eigenvalue weighted by Crippen LogP contribution is -2.35. The Balaban J connectivity index is 1.67. The Bertz CT molecular complexity index is 177. The fraction of sp³-hybridized carbons (Fsp3) is 1.00. The van der Waals surface area contributed by atoms with Gasteiger partial charge in [-0.3, -0.25) is 0 Å². The molecule has 0 amide bonds. The maximum absolute atomic E-state index is 6.09. The second kappa shape index (κ2) is 5.86. The first-order valence-electron chi connectivity index (χ1n) is 6.68. The van der Waals surface area contributed by atoms with Crippen LogP contribution in [-0.2, 0) is 4.74 Å². The lowest BCUT2D eigenvalue weighted by molar-refractivity contribution is -0.0247. The smallest absolute Gasteiger partial charge is 0.0600 e. The summed E-state index contributed by atoms with van der Waals surface area (Å²) in [6, 6.07) is 0. The Morgan fingerprint density at radius 1 is 1.13 bits per heavy atom. The third-order valence-electron chi connectivity index (χ3n) is 3.98. The van der Waals surface area contributed by atoms with Gasteiger partial charge in [-0.05, 0) is 44.1 Å². The minimum Gasteiger partial charge on any atom is -0.378 e. The topological polar surface area (TPSA) is 21.3 Å². The van der Waals surface area contributed by atoms with Crippen LogP contribution in [-0.4, -0.2) is 25.8 Å². The molecular formula is C13H25NO. The minimum absolute atomic E-state index is 0.556. The van der Waals surface area contributed by atoms with Crippen molar-refractivity contribution >= 4 is 0 Å². The van der Waals surface area contributed by atoms with Crippen molar-refractivity contribution in [1.29, 1.82) is 0 Å². The summed E-state index contributed by atoms with van der Waals surface area (Å²) in [6.45, 7) is 5.71. The van der Waals surface area contributed by atoms with E-state index < -0.39 is 0 Å². The predicted molar refractivity (Wildman–Crippen MR) is 63.0 cm³/mol. The van der Waals surface area contributed by atoms with E-state index in [9.17, 15) is 0 Å². The van der Waals surface area contributed by atoms with Crippen LogP contribution in [0.5, 0.6) is 0 Å². The molecule has 1 aliphatic heterocycles. The van der Waals surface area contributed by atoms with E-state index in [0.29, 0.717) is 6.10 Å². The minimum atomic E-state index is 0.556. The molecule has 0 aromatic carbocycles. The van der Waals surface area contributed by atoms with Gasteiger partial charge >= 0.3 is 0 Å². The van der Waals surface area contributed by atoms with Crippen molar-refractivity contribution in [3.05, 3.63) is 0 Å². The SMILES string of the molecule is CC1CCCCC1OCC1CCCNC1. The van der Waals surface area contributed by atoms with Crippen molar-refractivity contribution in [2.75, 3.05) is 19.7 Å². The Morgan fingerprint density at radius 3 is 2.73 bits per heavy atom. The highest BCUT2D eigenvalue weighted by molar-refractivity contribution is 4.74. The Kier molecular flexibility index (Phi) is 4.45. The summed E-state index contributed by atoms with van der Waals surface area (Å²) in [5, 5.41) is 3.45. The lowest BCUT2D eigenvalue weighted by Gasteiger charge is -2.31. The van der Waals surface area contributed by atoms with Gasteiger partial charge in [0.15, 0.2) is 0 Å². The van der Waals surface area contributed by atoms with Crippen molar-refractivity contribution in [1.82, 2.24) is 5.32 Å². The Labute approximate surface area is 93.8 Å². The molecule has 0 aromatic rings. The second-order valence-corrected chi connectivity index (χ2v) is 5.35. The van der Waals surface area contributed by atoms with E-state index >= 15 is 0 Å². The molecule has 0 bridgehead atoms. The largest absolute Gasteiger partial charge is 0.378 e. The van der Waals surface area contributed by atoms with E-state index in [4.69, 9.17) is 4.74 Å². The summed E-state index contributed by atoms with van der Waals surface area (Å²) in [4.78, 5) is 0. The van der Waals surface area contributed by atoms with E-state index in [1.807, 2.05) is 0 Å². The molecule has 2 nitrogen and oxygen atoms in total. The van der Waals surface area contributed by atoms with Gasteiger partial charge in [0.25, 0.3) is 0 Å². The fourth-order valence-electron chi connectivity index (χ4n) is 2.86. The van der Waals surface area contributed by atoms with Gasteiger partial charge in [-0.1, -0.05) is 19.8 Å². The van der Waals surface area contributed by atoms with Gasteiger partial charge in [0.05, 0.1) is 12.7 Å². The van der Waals surface area contributed by atoms with Gasteiger partial charge in [0.1, 0.15) is 0 Å². The molecular weight excluding hydrogens is 186 g/mol. The maximum atomic E-state index is 6.09. The second-order valence-electron chi connectivity index (χ2n) is 5.35. The van der Waals surface area contributed by atoms with Crippen LogP contribution < -0.4 is 5.32 Å². The molecule has 3 atom stereocenters. The molecule has 0 radical (unpaired) electrons. The molecule has 2 heteroatoms. The highest BCUT2D eigenvalue weighted by Gasteiger charge is 2.23. The molecule has 0 aromatic heterocycles. The van der Waals surface area contributed by atoms with Crippen LogP contribution in [0, 0.1) is 11.8 Å². The molecule has 3 unspecified atom stereocenters. The summed E-state index contributed by atoms with van der Waals surface area (Å²) in [5.74, 6) is 1.56. The average molecular weight is 211 g/mol. The fourth-order valence-corrected chi connectivity index (χ4v) is 2.86. The number of rotatable bonds is 3. The molecule has 2 aliphatic rings. The number of nitrogens with one attached hydrogen (secondary N) is 1. The number of hydrogen-bond donors (Lipinski definition) is 1. The molecule has 0 spiro atoms. The van der Waals surface area contributed by atoms with E-state index in [1.165, 1.54) is 51.6 Å². The highest BCUT2D eigenvalue weighted by Crippen LogP contribution is 2.27. The first-order valence-corrected chi connectivity index (χ1v) is 6.68. The standard InChI is InChI=1S/C13H25NO/c1-11-5-2-3-7-13(11)15-10-12-6-4-8-14-9-12/h11-14H,2-10H2,1H3. The first-order chi connectivity index (χ1) is 7.36. The van der Waals surface area contributed by atoms with Gasteiger partial charge in [-0.2, -0.15) is 0 Å². The number of ether oxygens (including phenoxy) is 1. The average Bonchev–Trinajstić information content (AvgIpc) is 2.29. The van der Waals surface area contributed by atoms with Gasteiger partial charge in [0, 0.05) is 6.54 Å². The van der Waals surface area contributed by atoms with Gasteiger partial charge in [0.2, 0.25) is 0 Å². The summed E-state index contributed by atoms with van der Waals surface area (Å²) in [6.07, 6.45) is 8.68. The third kappa shape index (κ3) is 3.46. The quantitative estimate of drug-likeness (QED) is 0.774. The molecule has 1 N–H and O–H groups in total. The van der Waals surface area contributed by atoms with Crippen LogP contribution in [0.1, 0.15) is 45.4 Å². The van der Waals surface area contributed by atoms with Crippen molar-refractivity contribution in [2.24, 2.45) is 11.8 Å². The molecule has 2 fully saturated rings. The zero-order valence-corrected chi connectivity index (χ0v) is 10.0. The maximum Gasteiger partial charge on any atom is 0.0600 e. The summed E-state index contributed by atoms with van der Waals surface area (Å²) < 4.78 is 6.09. The first kappa shape index (κ1) is 11.4. The van der Waals surface area contributed by atoms with Crippen molar-refractivity contribution in [2.45, 2.75) is 51.6 Å². The van der Waals surface area contributed by atoms with Crippen molar-refractivity contribution in [3.8, 4) is 0 Å². The third-order valence-corrected chi connectivity index (χ3v) is 3.98. The van der Waals surface area contributed by atoms with Gasteiger partial charge < -0.3 is 10.1 Å². The van der Waals surface area contributed by atoms with Crippen LogP contribution in [0.15, 0.2) is 0 Å². The van der Waals surface area contributed by atoms with Gasteiger partial charge in [-0.15, -0.1) is 0 Å². The zero-order chi connectivity index (χ0) is 10.5. The monoisotopic (exact) mass is 211 g/mol. The predicted octanol–water partition coefficient (Wildman–Crippen LogP) is 2.58. The van der Waals surface area contributed by atoms with Crippen LogP contribution in [0.25, 0.3) is 0 Å². The van der Waals surface area contributed by atoms with Gasteiger partial charge in [-0.25, -0.2) is 0 Å². The van der Waals surface area contributed by atoms with Crippen molar-refractivity contribution < 1.29 is 4.74 Å². The lowest BCUT2D eigenvalue weighted by atomic mass is 9.88. The zero-order valence-electron chi connectivity index (χ0n) is 10.0. The van der Waals surface area contributed by atoms with E-state index in [0.717, 1.165) is 18.4 Å². The molecule has 2 rings (SSSR count). The van der Waals surface area contributed by atoms with E-state index in [-0.39, 0.29) is 0 Å². The summed E-state index contributed by atoms with van der Waals surface area (Å²) in [7, 11) is 0. The highest BCUT2D eigenvalue weighted by atomic mass is 16.5. The van der Waals surface area contributed by atoms with E-state index in [2.05, 4.69) is 12.2 Å². The van der Waals surface area contributed by atoms with E-state index in [1.54, 1.807) is 0 Å². The molecule has 1 saturated heterocycles. The normalized spacial score (nSPS) is 37.8. The number of hydrogen-bond acceptors (Lipinski definition) is 2. The molecule has 88 valence electrons. The van der Waals surface area contributed by atoms with Crippen molar-refractivity contribution in [3.63, 3.8) is 0 Å². The van der Waals surface area contributed by atoms with Crippen LogP contribution in [0.3, 0.4) is 0 Å². The summed E-state index contributed by atoms with van der Waals surface area (Å²) in [5.41, 5.74) is 0. The molecule has 1 heterocycles. The Morgan fingerprint density at radius 2 is 2.00 bits per heavy atom.